The van der Waals surface area contributed by atoms with Gasteiger partial charge in [0.05, 0.1) is 34.8 Å². The molecular formula is C27H29BrN4O3. The van der Waals surface area contributed by atoms with E-state index >= 15 is 0 Å². The molecule has 0 radical (unpaired) electrons. The monoisotopic (exact) mass is 536 g/mol. The Morgan fingerprint density at radius 2 is 1.80 bits per heavy atom. The van der Waals surface area contributed by atoms with E-state index in [2.05, 4.69) is 39.8 Å². The molecule has 0 spiro atoms. The SMILES string of the molecule is CCN(CC)CCN1C(=O)C(=O)/C(=C(/O)c2cnn(-c3ccccc3)c2C)C1c1cccc(Br)c1. The van der Waals surface area contributed by atoms with Gasteiger partial charge in [-0.25, -0.2) is 4.68 Å². The Morgan fingerprint density at radius 1 is 1.09 bits per heavy atom. The molecule has 1 aliphatic rings. The van der Waals surface area contributed by atoms with Gasteiger partial charge in [0.15, 0.2) is 0 Å². The lowest BCUT2D eigenvalue weighted by atomic mass is 9.95. The molecule has 0 bridgehead atoms. The highest BCUT2D eigenvalue weighted by molar-refractivity contribution is 9.10. The molecule has 4 rings (SSSR count). The average Bonchev–Trinajstić information content (AvgIpc) is 3.37. The Balaban J connectivity index is 1.82. The third-order valence-electron chi connectivity index (χ3n) is 6.52. The molecule has 1 saturated heterocycles. The van der Waals surface area contributed by atoms with Gasteiger partial charge >= 0.3 is 0 Å². The summed E-state index contributed by atoms with van der Waals surface area (Å²) in [6.07, 6.45) is 1.54. The maximum absolute atomic E-state index is 13.3. The van der Waals surface area contributed by atoms with Crippen LogP contribution in [-0.4, -0.2) is 62.6 Å². The van der Waals surface area contributed by atoms with E-state index in [1.807, 2.05) is 61.5 Å². The summed E-state index contributed by atoms with van der Waals surface area (Å²) in [6.45, 7) is 8.67. The molecule has 8 heteroatoms. The van der Waals surface area contributed by atoms with Crippen molar-refractivity contribution in [1.29, 1.82) is 0 Å². The Bertz CT molecular complexity index is 1260. The molecule has 1 atom stereocenters. The highest BCUT2D eigenvalue weighted by atomic mass is 79.9. The molecule has 2 heterocycles. The second kappa shape index (κ2) is 10.6. The zero-order valence-electron chi connectivity index (χ0n) is 20.1. The van der Waals surface area contributed by atoms with E-state index in [4.69, 9.17) is 0 Å². The molecule has 3 aromatic rings. The Labute approximate surface area is 213 Å². The number of ketones is 1. The molecule has 1 fully saturated rings. The summed E-state index contributed by atoms with van der Waals surface area (Å²) < 4.78 is 2.54. The number of aromatic nitrogens is 2. The number of para-hydroxylation sites is 1. The fourth-order valence-corrected chi connectivity index (χ4v) is 4.96. The summed E-state index contributed by atoms with van der Waals surface area (Å²) >= 11 is 3.50. The first-order valence-corrected chi connectivity index (χ1v) is 12.5. The van der Waals surface area contributed by atoms with Crippen molar-refractivity contribution in [2.75, 3.05) is 26.2 Å². The molecule has 1 amide bonds. The van der Waals surface area contributed by atoms with Gasteiger partial charge in [-0.2, -0.15) is 5.10 Å². The number of likely N-dealkylation sites (tertiary alicyclic amines) is 1. The second-order valence-electron chi connectivity index (χ2n) is 8.47. The van der Waals surface area contributed by atoms with Crippen LogP contribution in [0.5, 0.6) is 0 Å². The summed E-state index contributed by atoms with van der Waals surface area (Å²) in [5.74, 6) is -1.49. The van der Waals surface area contributed by atoms with Crippen molar-refractivity contribution in [3.05, 3.63) is 87.7 Å². The fourth-order valence-electron chi connectivity index (χ4n) is 4.54. The van der Waals surface area contributed by atoms with Gasteiger partial charge in [0.1, 0.15) is 5.76 Å². The number of aliphatic hydroxyl groups excluding tert-OH is 1. The summed E-state index contributed by atoms with van der Waals surface area (Å²) in [5.41, 5.74) is 2.79. The standard InChI is InChI=1S/C27H29BrN4O3/c1-4-30(5-2)14-15-31-24(19-10-9-11-20(28)16-19)23(26(34)27(31)35)25(33)22-17-29-32(18(22)3)21-12-7-6-8-13-21/h6-13,16-17,24,33H,4-5,14-15H2,1-3H3/b25-23+. The topological polar surface area (TPSA) is 78.7 Å². The molecule has 1 aromatic heterocycles. The fraction of sp³-hybridized carbons (Fsp3) is 0.296. The van der Waals surface area contributed by atoms with Gasteiger partial charge in [0.25, 0.3) is 11.7 Å². The largest absolute Gasteiger partial charge is 0.507 e. The first-order chi connectivity index (χ1) is 16.9. The van der Waals surface area contributed by atoms with Gasteiger partial charge in [-0.1, -0.05) is 60.1 Å². The van der Waals surface area contributed by atoms with Gasteiger partial charge in [-0.3, -0.25) is 9.59 Å². The third kappa shape index (κ3) is 4.81. The van der Waals surface area contributed by atoms with Gasteiger partial charge in [-0.05, 0) is 49.8 Å². The van der Waals surface area contributed by atoms with Gasteiger partial charge in [0.2, 0.25) is 0 Å². The first-order valence-electron chi connectivity index (χ1n) is 11.7. The number of carbonyl (C=O) groups excluding carboxylic acids is 2. The Kier molecular flexibility index (Phi) is 7.52. The lowest BCUT2D eigenvalue weighted by molar-refractivity contribution is -0.140. The molecule has 0 aliphatic carbocycles. The van der Waals surface area contributed by atoms with E-state index in [9.17, 15) is 14.7 Å². The van der Waals surface area contributed by atoms with Crippen molar-refractivity contribution >= 4 is 33.4 Å². The number of halogens is 1. The summed E-state index contributed by atoms with van der Waals surface area (Å²) in [4.78, 5) is 30.3. The molecular weight excluding hydrogens is 508 g/mol. The van der Waals surface area contributed by atoms with Crippen molar-refractivity contribution in [1.82, 2.24) is 19.6 Å². The van der Waals surface area contributed by atoms with Crippen LogP contribution < -0.4 is 0 Å². The van der Waals surface area contributed by atoms with Gasteiger partial charge in [-0.15, -0.1) is 0 Å². The van der Waals surface area contributed by atoms with Crippen molar-refractivity contribution in [3.63, 3.8) is 0 Å². The van der Waals surface area contributed by atoms with E-state index in [0.717, 1.165) is 28.8 Å². The summed E-state index contributed by atoms with van der Waals surface area (Å²) in [7, 11) is 0. The minimum absolute atomic E-state index is 0.0864. The van der Waals surface area contributed by atoms with Crippen LogP contribution in [0.15, 0.2) is 70.8 Å². The van der Waals surface area contributed by atoms with Crippen LogP contribution in [0.1, 0.15) is 36.7 Å². The van der Waals surface area contributed by atoms with Crippen LogP contribution in [0.25, 0.3) is 11.4 Å². The van der Waals surface area contributed by atoms with E-state index < -0.39 is 17.7 Å². The number of aliphatic hydroxyl groups is 1. The summed E-state index contributed by atoms with van der Waals surface area (Å²) in [6, 6.07) is 16.4. The normalized spacial score (nSPS) is 17.5. The maximum atomic E-state index is 13.3. The van der Waals surface area contributed by atoms with Crippen molar-refractivity contribution in [3.8, 4) is 5.69 Å². The minimum atomic E-state index is -0.692. The first kappa shape index (κ1) is 24.9. The van der Waals surface area contributed by atoms with Crippen molar-refractivity contribution in [2.45, 2.75) is 26.8 Å². The van der Waals surface area contributed by atoms with E-state index in [1.54, 1.807) is 15.8 Å². The number of carbonyl (C=O) groups is 2. The van der Waals surface area contributed by atoms with Crippen LogP contribution in [0, 0.1) is 6.92 Å². The summed E-state index contributed by atoms with van der Waals surface area (Å²) in [5, 5.41) is 15.9. The molecule has 1 aliphatic heterocycles. The van der Waals surface area contributed by atoms with E-state index in [0.29, 0.717) is 24.3 Å². The number of nitrogens with zero attached hydrogens (tertiary/aromatic N) is 4. The number of rotatable bonds is 8. The zero-order valence-corrected chi connectivity index (χ0v) is 21.7. The van der Waals surface area contributed by atoms with Crippen LogP contribution in [0.4, 0.5) is 0 Å². The number of likely N-dealkylation sites (N-methyl/N-ethyl adjacent to an activating group) is 1. The molecule has 2 aromatic carbocycles. The number of amides is 1. The van der Waals surface area contributed by atoms with Gasteiger partial charge < -0.3 is 14.9 Å². The number of Topliss-reactive ketones (excluding diaryl/α,β-unsaturated/α-hetero) is 1. The Hall–Kier alpha value is -3.23. The van der Waals surface area contributed by atoms with Gasteiger partial charge in [0, 0.05) is 17.6 Å². The van der Waals surface area contributed by atoms with Crippen LogP contribution >= 0.6 is 15.9 Å². The number of hydrogen-bond donors (Lipinski definition) is 1. The second-order valence-corrected chi connectivity index (χ2v) is 9.38. The van der Waals surface area contributed by atoms with Crippen LogP contribution in [-0.2, 0) is 9.59 Å². The van der Waals surface area contributed by atoms with E-state index in [1.165, 1.54) is 0 Å². The maximum Gasteiger partial charge on any atom is 0.295 e. The Morgan fingerprint density at radius 3 is 2.46 bits per heavy atom. The lowest BCUT2D eigenvalue weighted by Crippen LogP contribution is -2.38. The molecule has 1 N–H and O–H groups in total. The molecule has 0 saturated carbocycles. The van der Waals surface area contributed by atoms with Crippen molar-refractivity contribution < 1.29 is 14.7 Å². The predicted octanol–water partition coefficient (Wildman–Crippen LogP) is 4.71. The molecule has 182 valence electrons. The number of benzene rings is 2. The van der Waals surface area contributed by atoms with Crippen LogP contribution in [0.3, 0.4) is 0 Å². The molecule has 7 nitrogen and oxygen atoms in total. The van der Waals surface area contributed by atoms with Crippen LogP contribution in [0.2, 0.25) is 0 Å². The van der Waals surface area contributed by atoms with E-state index in [-0.39, 0.29) is 11.3 Å². The average molecular weight is 537 g/mol. The quantitative estimate of drug-likeness (QED) is 0.256. The lowest BCUT2D eigenvalue weighted by Gasteiger charge is -2.28. The molecule has 35 heavy (non-hydrogen) atoms. The minimum Gasteiger partial charge on any atom is -0.507 e. The third-order valence-corrected chi connectivity index (χ3v) is 7.01. The predicted molar refractivity (Wildman–Crippen MR) is 139 cm³/mol. The zero-order chi connectivity index (χ0) is 25.1. The smallest absolute Gasteiger partial charge is 0.295 e. The van der Waals surface area contributed by atoms with Crippen molar-refractivity contribution in [2.24, 2.45) is 0 Å². The molecule has 1 unspecified atom stereocenters. The number of hydrogen-bond acceptors (Lipinski definition) is 5. The highest BCUT2D eigenvalue weighted by Gasteiger charge is 2.46. The highest BCUT2D eigenvalue weighted by Crippen LogP contribution is 2.40.